The van der Waals surface area contributed by atoms with Gasteiger partial charge in [0.05, 0.1) is 16.6 Å². The first-order chi connectivity index (χ1) is 16.8. The van der Waals surface area contributed by atoms with Crippen LogP contribution in [0.1, 0.15) is 22.0 Å². The highest BCUT2D eigenvalue weighted by atomic mass is 35.5. The van der Waals surface area contributed by atoms with Gasteiger partial charge in [0.1, 0.15) is 11.6 Å². The summed E-state index contributed by atoms with van der Waals surface area (Å²) in [6, 6.07) is 18.9. The summed E-state index contributed by atoms with van der Waals surface area (Å²) in [6.07, 6.45) is 0. The lowest BCUT2D eigenvalue weighted by Gasteiger charge is -2.40. The third kappa shape index (κ3) is 5.92. The Hall–Kier alpha value is -3.16. The van der Waals surface area contributed by atoms with Crippen LogP contribution in [0.4, 0.5) is 20.2 Å². The number of carbonyl (C=O) groups is 1. The standard InChI is InChI=1S/C27H29ClF2N4O/c1-32(2)21-10-6-19(7-11-21)25(18-31-27(35)26-23(28)4-3-5-24(26)30)34-16-14-33(15-17-34)22-12-8-20(29)9-13-22/h3-13,25H,14-18H2,1-2H3,(H,31,35)/t25-/m1/s1. The van der Waals surface area contributed by atoms with E-state index in [-0.39, 0.29) is 22.4 Å². The van der Waals surface area contributed by atoms with Gasteiger partial charge in [-0.2, -0.15) is 0 Å². The third-order valence-electron chi connectivity index (χ3n) is 6.39. The zero-order valence-electron chi connectivity index (χ0n) is 19.8. The van der Waals surface area contributed by atoms with Gasteiger partial charge in [-0.05, 0) is 54.1 Å². The summed E-state index contributed by atoms with van der Waals surface area (Å²) >= 11 is 6.09. The summed E-state index contributed by atoms with van der Waals surface area (Å²) in [7, 11) is 3.97. The minimum atomic E-state index is -0.644. The molecule has 1 saturated heterocycles. The summed E-state index contributed by atoms with van der Waals surface area (Å²) < 4.78 is 27.6. The van der Waals surface area contributed by atoms with E-state index in [0.717, 1.165) is 43.1 Å². The highest BCUT2D eigenvalue weighted by Gasteiger charge is 2.27. The number of nitrogens with one attached hydrogen (secondary N) is 1. The second-order valence-electron chi connectivity index (χ2n) is 8.81. The van der Waals surface area contributed by atoms with Gasteiger partial charge in [0.15, 0.2) is 0 Å². The van der Waals surface area contributed by atoms with Crippen LogP contribution in [0.3, 0.4) is 0 Å². The Bertz CT molecular complexity index is 1130. The van der Waals surface area contributed by atoms with E-state index < -0.39 is 11.7 Å². The van der Waals surface area contributed by atoms with Crippen LogP contribution in [-0.4, -0.2) is 57.6 Å². The summed E-state index contributed by atoms with van der Waals surface area (Å²) in [5.74, 6) is -1.43. The monoisotopic (exact) mass is 498 g/mol. The van der Waals surface area contributed by atoms with Gasteiger partial charge in [0, 0.05) is 58.2 Å². The number of carbonyl (C=O) groups excluding carboxylic acids is 1. The number of benzene rings is 3. The predicted molar refractivity (Wildman–Crippen MR) is 137 cm³/mol. The number of piperazine rings is 1. The molecular formula is C27H29ClF2N4O. The van der Waals surface area contributed by atoms with Crippen LogP contribution >= 0.6 is 11.6 Å². The summed E-state index contributed by atoms with van der Waals surface area (Å²) in [5.41, 5.74) is 2.99. The molecule has 3 aromatic carbocycles. The molecule has 0 radical (unpaired) electrons. The summed E-state index contributed by atoms with van der Waals surface area (Å²) in [4.78, 5) is 19.4. The molecule has 1 aliphatic rings. The Morgan fingerprint density at radius 3 is 2.23 bits per heavy atom. The van der Waals surface area contributed by atoms with E-state index in [1.807, 2.05) is 31.1 Å². The van der Waals surface area contributed by atoms with Crippen molar-refractivity contribution in [1.29, 1.82) is 0 Å². The van der Waals surface area contributed by atoms with Crippen LogP contribution in [0, 0.1) is 11.6 Å². The Balaban J connectivity index is 1.50. The first-order valence-electron chi connectivity index (χ1n) is 11.6. The predicted octanol–water partition coefficient (Wildman–Crippen LogP) is 4.98. The van der Waals surface area contributed by atoms with E-state index in [0.29, 0.717) is 6.54 Å². The maximum absolute atomic E-state index is 14.3. The third-order valence-corrected chi connectivity index (χ3v) is 6.70. The van der Waals surface area contributed by atoms with E-state index in [4.69, 9.17) is 11.6 Å². The molecule has 5 nitrogen and oxygen atoms in total. The molecule has 0 saturated carbocycles. The topological polar surface area (TPSA) is 38.8 Å². The van der Waals surface area contributed by atoms with Crippen molar-refractivity contribution in [2.45, 2.75) is 6.04 Å². The molecule has 0 bridgehead atoms. The lowest BCUT2D eigenvalue weighted by molar-refractivity contribution is 0.0926. The van der Waals surface area contributed by atoms with Crippen molar-refractivity contribution < 1.29 is 13.6 Å². The van der Waals surface area contributed by atoms with Crippen LogP contribution in [0.25, 0.3) is 0 Å². The van der Waals surface area contributed by atoms with Gasteiger partial charge < -0.3 is 15.1 Å². The first-order valence-corrected chi connectivity index (χ1v) is 12.0. The number of amides is 1. The van der Waals surface area contributed by atoms with Crippen molar-refractivity contribution in [3.05, 3.63) is 94.5 Å². The normalized spacial score (nSPS) is 15.1. The van der Waals surface area contributed by atoms with Crippen molar-refractivity contribution in [2.75, 3.05) is 56.6 Å². The van der Waals surface area contributed by atoms with Gasteiger partial charge in [0.2, 0.25) is 0 Å². The van der Waals surface area contributed by atoms with Gasteiger partial charge in [-0.3, -0.25) is 9.69 Å². The van der Waals surface area contributed by atoms with E-state index in [1.165, 1.54) is 30.3 Å². The molecular weight excluding hydrogens is 470 g/mol. The number of hydrogen-bond acceptors (Lipinski definition) is 4. The highest BCUT2D eigenvalue weighted by Crippen LogP contribution is 2.26. The molecule has 4 rings (SSSR count). The maximum atomic E-state index is 14.3. The van der Waals surface area contributed by atoms with Crippen LogP contribution < -0.4 is 15.1 Å². The van der Waals surface area contributed by atoms with Crippen molar-refractivity contribution in [3.63, 3.8) is 0 Å². The molecule has 35 heavy (non-hydrogen) atoms. The van der Waals surface area contributed by atoms with Crippen molar-refractivity contribution in [1.82, 2.24) is 10.2 Å². The number of rotatable bonds is 7. The Morgan fingerprint density at radius 1 is 0.971 bits per heavy atom. The molecule has 1 aliphatic heterocycles. The Kier molecular flexibility index (Phi) is 7.88. The molecule has 0 aromatic heterocycles. The molecule has 0 spiro atoms. The maximum Gasteiger partial charge on any atom is 0.255 e. The molecule has 8 heteroatoms. The second-order valence-corrected chi connectivity index (χ2v) is 9.22. The molecule has 1 N–H and O–H groups in total. The van der Waals surface area contributed by atoms with Crippen molar-refractivity contribution in [2.24, 2.45) is 0 Å². The first kappa shape index (κ1) is 24.9. The average molecular weight is 499 g/mol. The van der Waals surface area contributed by atoms with Crippen LogP contribution in [0.5, 0.6) is 0 Å². The van der Waals surface area contributed by atoms with Gasteiger partial charge >= 0.3 is 0 Å². The van der Waals surface area contributed by atoms with Crippen LogP contribution in [0.2, 0.25) is 5.02 Å². The van der Waals surface area contributed by atoms with Gasteiger partial charge in [-0.25, -0.2) is 8.78 Å². The second kappa shape index (κ2) is 11.1. The zero-order chi connectivity index (χ0) is 24.9. The molecule has 0 aliphatic carbocycles. The summed E-state index contributed by atoms with van der Waals surface area (Å²) in [6.45, 7) is 3.36. The van der Waals surface area contributed by atoms with Crippen molar-refractivity contribution in [3.8, 4) is 0 Å². The minimum Gasteiger partial charge on any atom is -0.378 e. The smallest absolute Gasteiger partial charge is 0.255 e. The molecule has 1 atom stereocenters. The minimum absolute atomic E-state index is 0.0855. The van der Waals surface area contributed by atoms with Crippen LogP contribution in [0.15, 0.2) is 66.7 Å². The fraction of sp³-hybridized carbons (Fsp3) is 0.296. The summed E-state index contributed by atoms with van der Waals surface area (Å²) in [5, 5.41) is 2.98. The van der Waals surface area contributed by atoms with Gasteiger partial charge in [-0.1, -0.05) is 29.8 Å². The Morgan fingerprint density at radius 2 is 1.63 bits per heavy atom. The van der Waals surface area contributed by atoms with Gasteiger partial charge in [-0.15, -0.1) is 0 Å². The number of hydrogen-bond donors (Lipinski definition) is 1. The van der Waals surface area contributed by atoms with Crippen molar-refractivity contribution >= 4 is 28.9 Å². The number of halogens is 3. The lowest BCUT2D eigenvalue weighted by atomic mass is 10.0. The molecule has 1 fully saturated rings. The molecule has 184 valence electrons. The van der Waals surface area contributed by atoms with Gasteiger partial charge in [0.25, 0.3) is 5.91 Å². The fourth-order valence-corrected chi connectivity index (χ4v) is 4.64. The SMILES string of the molecule is CN(C)c1ccc([C@@H](CNC(=O)c2c(F)cccc2Cl)N2CCN(c3ccc(F)cc3)CC2)cc1. The fourth-order valence-electron chi connectivity index (χ4n) is 4.39. The van der Waals surface area contributed by atoms with E-state index >= 15 is 0 Å². The molecule has 1 amide bonds. The largest absolute Gasteiger partial charge is 0.378 e. The number of nitrogens with zero attached hydrogens (tertiary/aromatic N) is 3. The number of anilines is 2. The molecule has 0 unspecified atom stereocenters. The van der Waals surface area contributed by atoms with E-state index in [1.54, 1.807) is 12.1 Å². The quantitative estimate of drug-likeness (QED) is 0.499. The van der Waals surface area contributed by atoms with E-state index in [9.17, 15) is 13.6 Å². The van der Waals surface area contributed by atoms with Crippen LogP contribution in [-0.2, 0) is 0 Å². The van der Waals surface area contributed by atoms with E-state index in [2.05, 4.69) is 27.2 Å². The molecule has 1 heterocycles. The average Bonchev–Trinajstić information content (AvgIpc) is 2.85. The Labute approximate surface area is 209 Å². The molecule has 3 aromatic rings. The highest BCUT2D eigenvalue weighted by molar-refractivity contribution is 6.33. The zero-order valence-corrected chi connectivity index (χ0v) is 20.6. The lowest BCUT2D eigenvalue weighted by Crippen LogP contribution is -2.50.